The Morgan fingerprint density at radius 3 is 2.28 bits per heavy atom. The summed E-state index contributed by atoms with van der Waals surface area (Å²) in [5, 5.41) is 3.27. The summed E-state index contributed by atoms with van der Waals surface area (Å²) in [6.45, 7) is 0.709. The smallest absolute Gasteiger partial charge is 0.240 e. The van der Waals surface area contributed by atoms with Crippen molar-refractivity contribution in [1.82, 2.24) is 10.0 Å². The first-order valence-corrected chi connectivity index (χ1v) is 10.8. The van der Waals surface area contributed by atoms with Crippen LogP contribution < -0.4 is 10.0 Å². The van der Waals surface area contributed by atoms with Crippen molar-refractivity contribution in [3.63, 3.8) is 0 Å². The van der Waals surface area contributed by atoms with Gasteiger partial charge in [0.1, 0.15) is 0 Å². The second kappa shape index (κ2) is 11.1. The molecule has 0 aliphatic rings. The maximum Gasteiger partial charge on any atom is 0.240 e. The normalized spacial score (nSPS) is 11.2. The van der Waals surface area contributed by atoms with Crippen LogP contribution in [0.1, 0.15) is 28.8 Å². The van der Waals surface area contributed by atoms with E-state index in [0.29, 0.717) is 10.6 Å². The number of ether oxygens (including phenoxy) is 1. The van der Waals surface area contributed by atoms with Gasteiger partial charge in [0, 0.05) is 43.6 Å². The monoisotopic (exact) mass is 438 g/mol. The molecule has 2 N–H and O–H groups in total. The van der Waals surface area contributed by atoms with E-state index in [9.17, 15) is 18.0 Å². The molecule has 29 heavy (non-hydrogen) atoms. The molecular weight excluding hydrogens is 416 g/mol. The van der Waals surface area contributed by atoms with Gasteiger partial charge in [-0.1, -0.05) is 23.7 Å². The van der Waals surface area contributed by atoms with Crippen molar-refractivity contribution in [3.8, 4) is 0 Å². The molecule has 0 fully saturated rings. The number of hydrogen-bond donors (Lipinski definition) is 2. The van der Waals surface area contributed by atoms with Gasteiger partial charge in [-0.3, -0.25) is 9.59 Å². The Balaban J connectivity index is 1.79. The second-order valence-corrected chi connectivity index (χ2v) is 8.44. The van der Waals surface area contributed by atoms with Crippen LogP contribution in [0.2, 0.25) is 5.02 Å². The van der Waals surface area contributed by atoms with Crippen LogP contribution in [0.5, 0.6) is 0 Å². The van der Waals surface area contributed by atoms with Crippen LogP contribution in [0.15, 0.2) is 53.4 Å². The minimum absolute atomic E-state index is 0.0668. The molecule has 0 aliphatic heterocycles. The third-order valence-electron chi connectivity index (χ3n) is 4.07. The maximum absolute atomic E-state index is 12.1. The zero-order chi connectivity index (χ0) is 21.3. The highest BCUT2D eigenvalue weighted by molar-refractivity contribution is 7.89. The second-order valence-electron chi connectivity index (χ2n) is 6.24. The van der Waals surface area contributed by atoms with Crippen LogP contribution in [0.3, 0.4) is 0 Å². The van der Waals surface area contributed by atoms with Gasteiger partial charge in [0.25, 0.3) is 0 Å². The number of methoxy groups -OCH3 is 1. The summed E-state index contributed by atoms with van der Waals surface area (Å²) in [5.74, 6) is -0.391. The van der Waals surface area contributed by atoms with Crippen LogP contribution in [0.25, 0.3) is 0 Å². The van der Waals surface area contributed by atoms with Crippen molar-refractivity contribution in [1.29, 1.82) is 0 Å². The zero-order valence-electron chi connectivity index (χ0n) is 16.0. The summed E-state index contributed by atoms with van der Waals surface area (Å²) in [4.78, 5) is 24.2. The number of nitrogens with one attached hydrogen (secondary N) is 2. The van der Waals surface area contributed by atoms with E-state index < -0.39 is 10.0 Å². The Hall–Kier alpha value is -2.26. The summed E-state index contributed by atoms with van der Waals surface area (Å²) < 4.78 is 31.4. The van der Waals surface area contributed by atoms with Crippen molar-refractivity contribution in [2.45, 2.75) is 24.3 Å². The van der Waals surface area contributed by atoms with Crippen LogP contribution in [0.4, 0.5) is 0 Å². The van der Waals surface area contributed by atoms with E-state index >= 15 is 0 Å². The fourth-order valence-electron chi connectivity index (χ4n) is 2.44. The lowest BCUT2D eigenvalue weighted by molar-refractivity contribution is -0.121. The molecule has 0 aromatic heterocycles. The van der Waals surface area contributed by atoms with E-state index in [0.717, 1.165) is 5.56 Å². The topological polar surface area (TPSA) is 102 Å². The van der Waals surface area contributed by atoms with Gasteiger partial charge >= 0.3 is 0 Å². The number of rotatable bonds is 11. The fraction of sp³-hybridized carbons (Fsp3) is 0.300. The molecule has 0 spiro atoms. The molecule has 0 saturated carbocycles. The predicted molar refractivity (Wildman–Crippen MR) is 110 cm³/mol. The lowest BCUT2D eigenvalue weighted by Crippen LogP contribution is -2.27. The predicted octanol–water partition coefficient (Wildman–Crippen LogP) is 2.54. The van der Waals surface area contributed by atoms with Gasteiger partial charge in [-0.2, -0.15) is 0 Å². The number of Topliss-reactive ketones (excluding diaryl/α,β-unsaturated/α-hetero) is 1. The number of ketones is 1. The molecule has 9 heteroatoms. The summed E-state index contributed by atoms with van der Waals surface area (Å²) in [7, 11) is -2.10. The van der Waals surface area contributed by atoms with E-state index in [-0.39, 0.29) is 49.1 Å². The van der Waals surface area contributed by atoms with Crippen LogP contribution >= 0.6 is 11.6 Å². The molecule has 0 saturated heterocycles. The lowest BCUT2D eigenvalue weighted by atomic mass is 10.1. The number of benzene rings is 2. The van der Waals surface area contributed by atoms with Crippen molar-refractivity contribution in [2.24, 2.45) is 0 Å². The van der Waals surface area contributed by atoms with Crippen molar-refractivity contribution < 1.29 is 22.7 Å². The molecule has 0 aliphatic carbocycles. The van der Waals surface area contributed by atoms with Crippen LogP contribution in [0, 0.1) is 0 Å². The van der Waals surface area contributed by atoms with E-state index in [1.54, 1.807) is 36.4 Å². The lowest BCUT2D eigenvalue weighted by Gasteiger charge is -2.08. The third-order valence-corrected chi connectivity index (χ3v) is 5.80. The molecule has 2 aromatic rings. The Labute approximate surface area is 175 Å². The summed E-state index contributed by atoms with van der Waals surface area (Å²) in [6.07, 6.45) is 0.162. The third kappa shape index (κ3) is 7.58. The quantitative estimate of drug-likeness (QED) is 0.414. The minimum atomic E-state index is -3.59. The highest BCUT2D eigenvalue weighted by atomic mass is 35.5. The average Bonchev–Trinajstić information content (AvgIpc) is 2.71. The van der Waals surface area contributed by atoms with Crippen LogP contribution in [-0.2, 0) is 26.1 Å². The SMILES string of the molecule is COCCNS(=O)(=O)c1ccc(CNC(=O)CCC(=O)c2ccc(Cl)cc2)cc1. The molecule has 0 bridgehead atoms. The first-order valence-electron chi connectivity index (χ1n) is 8.95. The number of carbonyl (C=O) groups is 2. The molecule has 2 rings (SSSR count). The zero-order valence-corrected chi connectivity index (χ0v) is 17.6. The number of hydrogen-bond acceptors (Lipinski definition) is 5. The van der Waals surface area contributed by atoms with Gasteiger partial charge in [0.05, 0.1) is 11.5 Å². The molecule has 1 amide bonds. The largest absolute Gasteiger partial charge is 0.383 e. The molecule has 2 aromatic carbocycles. The van der Waals surface area contributed by atoms with Gasteiger partial charge in [-0.25, -0.2) is 13.1 Å². The molecule has 0 atom stereocenters. The number of carbonyl (C=O) groups excluding carboxylic acids is 2. The van der Waals surface area contributed by atoms with E-state index in [1.165, 1.54) is 19.2 Å². The van der Waals surface area contributed by atoms with E-state index in [4.69, 9.17) is 16.3 Å². The van der Waals surface area contributed by atoms with Crippen molar-refractivity contribution >= 4 is 33.3 Å². The Kier molecular flexibility index (Phi) is 8.78. The molecule has 0 heterocycles. The molecule has 7 nitrogen and oxygen atoms in total. The first kappa shape index (κ1) is 23.0. The molecule has 0 unspecified atom stereocenters. The number of halogens is 1. The Morgan fingerprint density at radius 1 is 1.00 bits per heavy atom. The van der Waals surface area contributed by atoms with Gasteiger partial charge in [-0.15, -0.1) is 0 Å². The number of sulfonamides is 1. The Morgan fingerprint density at radius 2 is 1.66 bits per heavy atom. The molecule has 0 radical (unpaired) electrons. The fourth-order valence-corrected chi connectivity index (χ4v) is 3.58. The standard InChI is InChI=1S/C20H23ClN2O5S/c1-28-13-12-23-29(26,27)18-8-2-15(3-9-18)14-22-20(25)11-10-19(24)16-4-6-17(21)7-5-16/h2-9,23H,10-14H2,1H3,(H,22,25). The average molecular weight is 439 g/mol. The van der Waals surface area contributed by atoms with E-state index in [1.807, 2.05) is 0 Å². The first-order chi connectivity index (χ1) is 13.8. The highest BCUT2D eigenvalue weighted by Crippen LogP contribution is 2.12. The van der Waals surface area contributed by atoms with Crippen molar-refractivity contribution in [3.05, 3.63) is 64.7 Å². The van der Waals surface area contributed by atoms with Gasteiger partial charge in [0.2, 0.25) is 15.9 Å². The maximum atomic E-state index is 12.1. The van der Waals surface area contributed by atoms with Gasteiger partial charge < -0.3 is 10.1 Å². The van der Waals surface area contributed by atoms with E-state index in [2.05, 4.69) is 10.0 Å². The summed E-state index contributed by atoms with van der Waals surface area (Å²) >= 11 is 5.79. The van der Waals surface area contributed by atoms with Crippen LogP contribution in [-0.4, -0.2) is 40.4 Å². The molecule has 156 valence electrons. The molecular formula is C20H23ClN2O5S. The number of amides is 1. The summed E-state index contributed by atoms with van der Waals surface area (Å²) in [5.41, 5.74) is 1.26. The minimum Gasteiger partial charge on any atom is -0.383 e. The van der Waals surface area contributed by atoms with Gasteiger partial charge in [0.15, 0.2) is 5.78 Å². The Bertz CT molecular complexity index is 928. The van der Waals surface area contributed by atoms with Crippen molar-refractivity contribution in [2.75, 3.05) is 20.3 Å². The summed E-state index contributed by atoms with van der Waals surface area (Å²) in [6, 6.07) is 12.7. The highest BCUT2D eigenvalue weighted by Gasteiger charge is 2.13. The van der Waals surface area contributed by atoms with Gasteiger partial charge in [-0.05, 0) is 42.0 Å².